The molecule has 1 aromatic carbocycles. The molecule has 0 radical (unpaired) electrons. The monoisotopic (exact) mass is 231 g/mol. The molecule has 0 aromatic heterocycles. The first-order valence-corrected chi connectivity index (χ1v) is 6.24. The lowest BCUT2D eigenvalue weighted by Crippen LogP contribution is -2.42. The van der Waals surface area contributed by atoms with Gasteiger partial charge in [0.1, 0.15) is 0 Å². The zero-order valence-corrected chi connectivity index (χ0v) is 10.1. The Labute approximate surface area is 101 Å². The predicted octanol–water partition coefficient (Wildman–Crippen LogP) is 2.26. The van der Waals surface area contributed by atoms with E-state index in [-0.39, 0.29) is 5.78 Å². The van der Waals surface area contributed by atoms with E-state index < -0.39 is 0 Å². The molecule has 0 spiro atoms. The molecule has 17 heavy (non-hydrogen) atoms. The average molecular weight is 231 g/mol. The summed E-state index contributed by atoms with van der Waals surface area (Å²) in [6.45, 7) is 3.57. The number of Topliss-reactive ketones (excluding diaryl/α,β-unsaturated/α-hetero) is 1. The number of fused-ring (bicyclic) bond motifs is 2. The molecule has 2 unspecified atom stereocenters. The molecule has 2 aliphatic heterocycles. The fourth-order valence-electron chi connectivity index (χ4n) is 2.73. The highest BCUT2D eigenvalue weighted by Crippen LogP contribution is 2.29. The molecule has 3 heteroatoms. The number of carbonyl (C=O) groups excluding carboxylic acids is 1. The summed E-state index contributed by atoms with van der Waals surface area (Å²) in [5.41, 5.74) is 1.99. The molecule has 2 heterocycles. The number of carbonyl (C=O) groups is 1. The molecule has 0 N–H and O–H groups in total. The number of nitrogens with zero attached hydrogens (tertiary/aromatic N) is 1. The molecule has 2 bridgehead atoms. The van der Waals surface area contributed by atoms with E-state index in [0.29, 0.717) is 12.2 Å². The molecule has 1 aromatic rings. The Morgan fingerprint density at radius 2 is 1.76 bits per heavy atom. The molecule has 0 aliphatic carbocycles. The summed E-state index contributed by atoms with van der Waals surface area (Å²) in [5.74, 6) is 0.124. The highest BCUT2D eigenvalue weighted by atomic mass is 16.5. The average Bonchev–Trinajstić information content (AvgIpc) is 2.68. The summed E-state index contributed by atoms with van der Waals surface area (Å²) in [6, 6.07) is 7.91. The predicted molar refractivity (Wildman–Crippen MR) is 66.6 cm³/mol. The Balaban J connectivity index is 1.78. The molecule has 3 rings (SSSR count). The third-order valence-electron chi connectivity index (χ3n) is 3.68. The van der Waals surface area contributed by atoms with Gasteiger partial charge in [0, 0.05) is 24.3 Å². The maximum Gasteiger partial charge on any atom is 0.159 e. The second-order valence-electron chi connectivity index (χ2n) is 4.97. The lowest BCUT2D eigenvalue weighted by Gasteiger charge is -2.33. The van der Waals surface area contributed by atoms with Crippen LogP contribution >= 0.6 is 0 Å². The van der Waals surface area contributed by atoms with Gasteiger partial charge in [0.15, 0.2) is 5.78 Å². The van der Waals surface area contributed by atoms with Crippen LogP contribution in [-0.2, 0) is 4.74 Å². The Morgan fingerprint density at radius 3 is 2.29 bits per heavy atom. The number of rotatable bonds is 2. The van der Waals surface area contributed by atoms with Crippen molar-refractivity contribution in [2.24, 2.45) is 0 Å². The quantitative estimate of drug-likeness (QED) is 0.731. The topological polar surface area (TPSA) is 29.5 Å². The van der Waals surface area contributed by atoms with E-state index in [9.17, 15) is 4.79 Å². The lowest BCUT2D eigenvalue weighted by atomic mass is 10.1. The zero-order chi connectivity index (χ0) is 11.8. The Hall–Kier alpha value is -1.35. The highest BCUT2D eigenvalue weighted by Gasteiger charge is 2.33. The SMILES string of the molecule is CC(=O)c1ccc(N2CC3CCC(C2)O3)cc1. The fourth-order valence-corrected chi connectivity index (χ4v) is 2.73. The molecule has 2 saturated heterocycles. The van der Waals surface area contributed by atoms with Crippen molar-refractivity contribution in [3.05, 3.63) is 29.8 Å². The van der Waals surface area contributed by atoms with Crippen LogP contribution in [0.2, 0.25) is 0 Å². The van der Waals surface area contributed by atoms with E-state index in [0.717, 1.165) is 18.7 Å². The molecular formula is C14H17NO2. The summed E-state index contributed by atoms with van der Waals surface area (Å²) >= 11 is 0. The smallest absolute Gasteiger partial charge is 0.159 e. The zero-order valence-electron chi connectivity index (χ0n) is 10.1. The molecular weight excluding hydrogens is 214 g/mol. The molecule has 0 amide bonds. The van der Waals surface area contributed by atoms with Gasteiger partial charge in [-0.05, 0) is 44.0 Å². The van der Waals surface area contributed by atoms with Gasteiger partial charge in [0.2, 0.25) is 0 Å². The Kier molecular flexibility index (Phi) is 2.63. The number of benzene rings is 1. The van der Waals surface area contributed by atoms with Crippen molar-refractivity contribution in [1.82, 2.24) is 0 Å². The number of hydrogen-bond donors (Lipinski definition) is 0. The third-order valence-corrected chi connectivity index (χ3v) is 3.68. The number of morpholine rings is 1. The van der Waals surface area contributed by atoms with Crippen LogP contribution in [0.1, 0.15) is 30.1 Å². The van der Waals surface area contributed by atoms with E-state index in [1.807, 2.05) is 24.3 Å². The van der Waals surface area contributed by atoms with Gasteiger partial charge >= 0.3 is 0 Å². The van der Waals surface area contributed by atoms with Crippen molar-refractivity contribution in [1.29, 1.82) is 0 Å². The maximum absolute atomic E-state index is 11.2. The molecule has 2 atom stereocenters. The molecule has 90 valence electrons. The largest absolute Gasteiger partial charge is 0.371 e. The first-order valence-electron chi connectivity index (χ1n) is 6.24. The van der Waals surface area contributed by atoms with Crippen molar-refractivity contribution in [2.45, 2.75) is 32.0 Å². The van der Waals surface area contributed by atoms with Crippen LogP contribution in [0.5, 0.6) is 0 Å². The highest BCUT2D eigenvalue weighted by molar-refractivity contribution is 5.94. The van der Waals surface area contributed by atoms with Gasteiger partial charge in [-0.1, -0.05) is 0 Å². The Morgan fingerprint density at radius 1 is 1.18 bits per heavy atom. The van der Waals surface area contributed by atoms with Crippen LogP contribution in [0, 0.1) is 0 Å². The van der Waals surface area contributed by atoms with E-state index in [1.54, 1.807) is 6.92 Å². The normalized spacial score (nSPS) is 27.2. The van der Waals surface area contributed by atoms with Gasteiger partial charge in [-0.3, -0.25) is 4.79 Å². The van der Waals surface area contributed by atoms with Crippen LogP contribution < -0.4 is 4.90 Å². The van der Waals surface area contributed by atoms with Gasteiger partial charge in [0.05, 0.1) is 12.2 Å². The van der Waals surface area contributed by atoms with E-state index in [2.05, 4.69) is 4.90 Å². The molecule has 0 saturated carbocycles. The van der Waals surface area contributed by atoms with Crippen molar-refractivity contribution >= 4 is 11.5 Å². The summed E-state index contributed by atoms with van der Waals surface area (Å²) in [4.78, 5) is 13.6. The summed E-state index contributed by atoms with van der Waals surface area (Å²) < 4.78 is 5.82. The van der Waals surface area contributed by atoms with Crippen molar-refractivity contribution in [2.75, 3.05) is 18.0 Å². The van der Waals surface area contributed by atoms with Crippen LogP contribution in [-0.4, -0.2) is 31.1 Å². The minimum absolute atomic E-state index is 0.124. The lowest BCUT2D eigenvalue weighted by molar-refractivity contribution is 0.0305. The van der Waals surface area contributed by atoms with Crippen molar-refractivity contribution < 1.29 is 9.53 Å². The van der Waals surface area contributed by atoms with Crippen molar-refractivity contribution in [3.8, 4) is 0 Å². The van der Waals surface area contributed by atoms with Crippen LogP contribution in [0.15, 0.2) is 24.3 Å². The van der Waals surface area contributed by atoms with Gasteiger partial charge in [-0.15, -0.1) is 0 Å². The Bertz CT molecular complexity index is 414. The molecule has 2 aliphatic rings. The third kappa shape index (κ3) is 2.07. The van der Waals surface area contributed by atoms with Crippen molar-refractivity contribution in [3.63, 3.8) is 0 Å². The second kappa shape index (κ2) is 4.15. The van der Waals surface area contributed by atoms with Gasteiger partial charge in [-0.25, -0.2) is 0 Å². The number of ether oxygens (including phenoxy) is 1. The van der Waals surface area contributed by atoms with Crippen LogP contribution in [0.3, 0.4) is 0 Å². The van der Waals surface area contributed by atoms with Gasteiger partial charge in [-0.2, -0.15) is 0 Å². The first kappa shape index (κ1) is 10.8. The minimum Gasteiger partial charge on any atom is -0.371 e. The molecule has 2 fully saturated rings. The van der Waals surface area contributed by atoms with Crippen LogP contribution in [0.25, 0.3) is 0 Å². The minimum atomic E-state index is 0.124. The fraction of sp³-hybridized carbons (Fsp3) is 0.500. The molecule has 3 nitrogen and oxygen atoms in total. The number of ketones is 1. The first-order chi connectivity index (χ1) is 8.22. The van der Waals surface area contributed by atoms with E-state index >= 15 is 0 Å². The maximum atomic E-state index is 11.2. The van der Waals surface area contributed by atoms with E-state index in [4.69, 9.17) is 4.74 Å². The van der Waals surface area contributed by atoms with Gasteiger partial charge < -0.3 is 9.64 Å². The van der Waals surface area contributed by atoms with Gasteiger partial charge in [0.25, 0.3) is 0 Å². The number of hydrogen-bond acceptors (Lipinski definition) is 3. The van der Waals surface area contributed by atoms with E-state index in [1.165, 1.54) is 18.5 Å². The van der Waals surface area contributed by atoms with Crippen LogP contribution in [0.4, 0.5) is 5.69 Å². The standard InChI is InChI=1S/C14H17NO2/c1-10(16)11-2-4-12(5-3-11)15-8-13-6-7-14(9-15)17-13/h2-5,13-14H,6-9H2,1H3. The number of anilines is 1. The summed E-state index contributed by atoms with van der Waals surface area (Å²) in [6.07, 6.45) is 3.18. The summed E-state index contributed by atoms with van der Waals surface area (Å²) in [7, 11) is 0. The second-order valence-corrected chi connectivity index (χ2v) is 4.97. The summed E-state index contributed by atoms with van der Waals surface area (Å²) in [5, 5.41) is 0.